The second-order valence-corrected chi connectivity index (χ2v) is 15.2. The number of ketones is 2. The van der Waals surface area contributed by atoms with Crippen molar-refractivity contribution >= 4 is 33.9 Å². The molecule has 50 heavy (non-hydrogen) atoms. The number of Topliss-reactive ketones (excluding diaryl/α,β-unsaturated/α-hetero) is 2. The topological polar surface area (TPSA) is 74.6 Å². The van der Waals surface area contributed by atoms with Crippen molar-refractivity contribution in [1.29, 1.82) is 0 Å². The molecule has 2 aliphatic carbocycles. The number of hydrogen-bond donors (Lipinski definition) is 2. The predicted molar refractivity (Wildman–Crippen MR) is 204 cm³/mol. The summed E-state index contributed by atoms with van der Waals surface area (Å²) < 4.78 is 0. The predicted octanol–water partition coefficient (Wildman–Crippen LogP) is 9.36. The number of rotatable bonds is 6. The van der Waals surface area contributed by atoms with Gasteiger partial charge in [0.1, 0.15) is 0 Å². The molecule has 0 fully saturated rings. The molecule has 0 heterocycles. The van der Waals surface area contributed by atoms with Crippen molar-refractivity contribution in [3.05, 3.63) is 177 Å². The SMILES string of the molecule is CC(C)(C)c1ccc(C2=CC(=C3C=C(c4ccc(CO)cc4)C(=O)C(c4ccc(CO)cc4)=C3)C=C(c3ccc(C(C)(C)C)cc3)C2=O)cc1. The third kappa shape index (κ3) is 7.09. The van der Waals surface area contributed by atoms with Crippen LogP contribution in [0.3, 0.4) is 0 Å². The maximum Gasteiger partial charge on any atom is 0.194 e. The third-order valence-corrected chi connectivity index (χ3v) is 9.53. The van der Waals surface area contributed by atoms with E-state index < -0.39 is 0 Å². The summed E-state index contributed by atoms with van der Waals surface area (Å²) in [4.78, 5) is 28.5. The van der Waals surface area contributed by atoms with Crippen molar-refractivity contribution in [3.63, 3.8) is 0 Å². The number of hydrogen-bond acceptors (Lipinski definition) is 4. The molecule has 2 aliphatic rings. The Kier molecular flexibility index (Phi) is 9.46. The lowest BCUT2D eigenvalue weighted by molar-refractivity contribution is -0.109. The lowest BCUT2D eigenvalue weighted by Crippen LogP contribution is -2.14. The van der Waals surface area contributed by atoms with E-state index in [0.717, 1.165) is 44.5 Å². The van der Waals surface area contributed by atoms with Gasteiger partial charge in [-0.25, -0.2) is 0 Å². The highest BCUT2D eigenvalue weighted by Gasteiger charge is 2.28. The molecule has 252 valence electrons. The molecular weight excluding hydrogens is 617 g/mol. The van der Waals surface area contributed by atoms with E-state index in [-0.39, 0.29) is 35.6 Å². The van der Waals surface area contributed by atoms with Crippen molar-refractivity contribution in [1.82, 2.24) is 0 Å². The van der Waals surface area contributed by atoms with Crippen molar-refractivity contribution in [2.45, 2.75) is 65.6 Å². The highest BCUT2D eigenvalue weighted by atomic mass is 16.3. The first-order valence-electron chi connectivity index (χ1n) is 17.1. The molecule has 2 N–H and O–H groups in total. The maximum absolute atomic E-state index is 14.4. The molecule has 4 heteroatoms. The van der Waals surface area contributed by atoms with Crippen molar-refractivity contribution in [2.24, 2.45) is 0 Å². The molecule has 4 aromatic rings. The van der Waals surface area contributed by atoms with Gasteiger partial charge < -0.3 is 10.2 Å². The van der Waals surface area contributed by atoms with E-state index in [9.17, 15) is 19.8 Å². The average molecular weight is 661 g/mol. The highest BCUT2D eigenvalue weighted by Crippen LogP contribution is 2.39. The Morgan fingerprint density at radius 2 is 0.640 bits per heavy atom. The number of aliphatic hydroxyl groups is 2. The molecule has 0 aliphatic heterocycles. The van der Waals surface area contributed by atoms with Crippen molar-refractivity contribution < 1.29 is 19.8 Å². The monoisotopic (exact) mass is 660 g/mol. The van der Waals surface area contributed by atoms with Crippen LogP contribution in [0.1, 0.15) is 86.1 Å². The third-order valence-electron chi connectivity index (χ3n) is 9.53. The molecule has 0 aromatic heterocycles. The largest absolute Gasteiger partial charge is 0.392 e. The first-order chi connectivity index (χ1) is 23.8. The van der Waals surface area contributed by atoms with Crippen LogP contribution in [-0.2, 0) is 33.6 Å². The molecule has 0 saturated carbocycles. The van der Waals surface area contributed by atoms with E-state index >= 15 is 0 Å². The molecule has 4 aromatic carbocycles. The number of carbonyl (C=O) groups is 2. The summed E-state index contributed by atoms with van der Waals surface area (Å²) in [5.41, 5.74) is 10.8. The Hall–Kier alpha value is -5.16. The zero-order valence-corrected chi connectivity index (χ0v) is 29.7. The fourth-order valence-corrected chi connectivity index (χ4v) is 6.33. The summed E-state index contributed by atoms with van der Waals surface area (Å²) in [5.74, 6) is -0.181. The molecule has 0 unspecified atom stereocenters. The molecule has 0 atom stereocenters. The van der Waals surface area contributed by atoms with E-state index in [1.165, 1.54) is 11.1 Å². The van der Waals surface area contributed by atoms with E-state index in [1.54, 1.807) is 0 Å². The molecule has 6 rings (SSSR count). The van der Waals surface area contributed by atoms with Crippen LogP contribution in [0.2, 0.25) is 0 Å². The van der Waals surface area contributed by atoms with E-state index in [4.69, 9.17) is 0 Å². The quantitative estimate of drug-likeness (QED) is 0.216. The second-order valence-electron chi connectivity index (χ2n) is 15.2. The Morgan fingerprint density at radius 3 is 0.860 bits per heavy atom. The first-order valence-corrected chi connectivity index (χ1v) is 17.1. The minimum absolute atomic E-state index is 0.0295. The number of carbonyl (C=O) groups excluding carboxylic acids is 2. The fraction of sp³-hybridized carbons (Fsp3) is 0.217. The van der Waals surface area contributed by atoms with Gasteiger partial charge in [-0.1, -0.05) is 139 Å². The van der Waals surface area contributed by atoms with Gasteiger partial charge in [0.05, 0.1) is 13.2 Å². The normalized spacial score (nSPS) is 15.4. The van der Waals surface area contributed by atoms with E-state index in [0.29, 0.717) is 22.3 Å². The lowest BCUT2D eigenvalue weighted by atomic mass is 9.80. The zero-order chi connectivity index (χ0) is 35.8. The maximum atomic E-state index is 14.4. The van der Waals surface area contributed by atoms with Crippen LogP contribution in [-0.4, -0.2) is 21.8 Å². The average Bonchev–Trinajstić information content (AvgIpc) is 3.11. The summed E-state index contributed by atoms with van der Waals surface area (Å²) in [7, 11) is 0. The summed E-state index contributed by atoms with van der Waals surface area (Å²) >= 11 is 0. The summed E-state index contributed by atoms with van der Waals surface area (Å²) in [6.45, 7) is 12.8. The summed E-state index contributed by atoms with van der Waals surface area (Å²) in [6.07, 6.45) is 7.69. The molecule has 4 nitrogen and oxygen atoms in total. The van der Waals surface area contributed by atoms with Gasteiger partial charge in [0.25, 0.3) is 0 Å². The van der Waals surface area contributed by atoms with Crippen LogP contribution in [0.25, 0.3) is 22.3 Å². The van der Waals surface area contributed by atoms with Gasteiger partial charge in [-0.2, -0.15) is 0 Å². The first kappa shape index (κ1) is 34.7. The molecule has 0 amide bonds. The van der Waals surface area contributed by atoms with Crippen LogP contribution in [0.5, 0.6) is 0 Å². The van der Waals surface area contributed by atoms with Gasteiger partial charge in [0.15, 0.2) is 11.6 Å². The molecular formula is C46H44O4. The Morgan fingerprint density at radius 1 is 0.400 bits per heavy atom. The standard InChI is InChI=1S/C46H44O4/c1-45(2,3)37-19-15-33(16-20-37)41-25-36(26-42(44(41)50)34-17-21-38(22-18-34)46(4,5)6)35-23-39(31-11-7-29(27-47)8-12-31)43(49)40(24-35)32-13-9-30(28-48)10-14-32/h7-26,47-48H,27-28H2,1-6H3. The van der Waals surface area contributed by atoms with Gasteiger partial charge in [0.2, 0.25) is 0 Å². The Bertz CT molecular complexity index is 1950. The van der Waals surface area contributed by atoms with E-state index in [1.807, 2.05) is 97.1 Å². The molecule has 0 saturated heterocycles. The summed E-state index contributed by atoms with van der Waals surface area (Å²) in [6, 6.07) is 31.2. The Balaban J connectivity index is 1.58. The highest BCUT2D eigenvalue weighted by molar-refractivity contribution is 6.45. The van der Waals surface area contributed by atoms with Crippen LogP contribution in [0.15, 0.2) is 133 Å². The number of benzene rings is 4. The zero-order valence-electron chi connectivity index (χ0n) is 29.7. The molecule has 0 radical (unpaired) electrons. The fourth-order valence-electron chi connectivity index (χ4n) is 6.33. The Labute approximate surface area is 295 Å². The smallest absolute Gasteiger partial charge is 0.194 e. The van der Waals surface area contributed by atoms with Gasteiger partial charge in [-0.3, -0.25) is 9.59 Å². The lowest BCUT2D eigenvalue weighted by Gasteiger charge is -2.23. The van der Waals surface area contributed by atoms with Crippen molar-refractivity contribution in [3.8, 4) is 0 Å². The van der Waals surface area contributed by atoms with Gasteiger partial charge in [-0.15, -0.1) is 0 Å². The second kappa shape index (κ2) is 13.6. The van der Waals surface area contributed by atoms with Gasteiger partial charge in [-0.05, 0) is 90.8 Å². The summed E-state index contributed by atoms with van der Waals surface area (Å²) in [5, 5.41) is 19.3. The van der Waals surface area contributed by atoms with Crippen LogP contribution < -0.4 is 0 Å². The molecule has 0 spiro atoms. The van der Waals surface area contributed by atoms with Crippen LogP contribution in [0, 0.1) is 0 Å². The number of aliphatic hydroxyl groups excluding tert-OH is 2. The molecule has 0 bridgehead atoms. The van der Waals surface area contributed by atoms with Gasteiger partial charge >= 0.3 is 0 Å². The minimum Gasteiger partial charge on any atom is -0.392 e. The van der Waals surface area contributed by atoms with Crippen LogP contribution >= 0.6 is 0 Å². The number of allylic oxidation sites excluding steroid dienone is 10. The van der Waals surface area contributed by atoms with Crippen LogP contribution in [0.4, 0.5) is 0 Å². The minimum atomic E-state index is -0.126. The van der Waals surface area contributed by atoms with Crippen molar-refractivity contribution in [2.75, 3.05) is 0 Å². The van der Waals surface area contributed by atoms with E-state index in [2.05, 4.69) is 65.8 Å². The van der Waals surface area contributed by atoms with Gasteiger partial charge in [0, 0.05) is 22.3 Å².